The zero-order valence-electron chi connectivity index (χ0n) is 19.7. The average molecular weight is 503 g/mol. The largest absolute Gasteiger partial charge is 0.416 e. The van der Waals surface area contributed by atoms with E-state index in [9.17, 15) is 22.8 Å². The fourth-order valence-corrected chi connectivity index (χ4v) is 3.35. The zero-order chi connectivity index (χ0) is 26.6. The van der Waals surface area contributed by atoms with Crippen molar-refractivity contribution >= 4 is 11.8 Å². The van der Waals surface area contributed by atoms with Gasteiger partial charge in [-0.25, -0.2) is 4.98 Å². The molecule has 37 heavy (non-hydrogen) atoms. The minimum Gasteiger partial charge on any atom is -0.306 e. The van der Waals surface area contributed by atoms with Gasteiger partial charge >= 0.3 is 6.18 Å². The number of amides is 2. The highest BCUT2D eigenvalue weighted by Gasteiger charge is 2.32. The van der Waals surface area contributed by atoms with E-state index < -0.39 is 23.6 Å². The van der Waals surface area contributed by atoms with Crippen molar-refractivity contribution in [2.75, 3.05) is 0 Å². The normalized spacial score (nSPS) is 10.8. The molecule has 0 spiro atoms. The molecular weight excluding hydrogens is 483 g/mol. The highest BCUT2D eigenvalue weighted by Crippen LogP contribution is 2.31. The van der Waals surface area contributed by atoms with Crippen molar-refractivity contribution in [1.29, 1.82) is 0 Å². The number of rotatable bonds is 3. The highest BCUT2D eigenvalue weighted by molar-refractivity contribution is 5.99. The van der Waals surface area contributed by atoms with E-state index in [-0.39, 0.29) is 16.8 Å². The van der Waals surface area contributed by atoms with Gasteiger partial charge in [0.2, 0.25) is 0 Å². The first-order valence-corrected chi connectivity index (χ1v) is 11.0. The molecule has 186 valence electrons. The summed E-state index contributed by atoms with van der Waals surface area (Å²) in [5, 5.41) is 0. The lowest BCUT2D eigenvalue weighted by Gasteiger charge is -2.13. The number of imidazole rings is 1. The van der Waals surface area contributed by atoms with Gasteiger partial charge in [-0.05, 0) is 61.9 Å². The predicted octanol–water partition coefficient (Wildman–Crippen LogP) is 4.38. The summed E-state index contributed by atoms with van der Waals surface area (Å²) in [6.45, 7) is 3.53. The topological polar surface area (TPSA) is 88.9 Å². The summed E-state index contributed by atoms with van der Waals surface area (Å²) in [5.74, 6) is 4.38. The molecule has 0 radical (unpaired) electrons. The summed E-state index contributed by atoms with van der Waals surface area (Å²) < 4.78 is 41.8. The number of nitrogens with zero attached hydrogens (tertiary/aromatic N) is 3. The van der Waals surface area contributed by atoms with Crippen molar-refractivity contribution in [2.24, 2.45) is 0 Å². The maximum Gasteiger partial charge on any atom is 0.416 e. The van der Waals surface area contributed by atoms with E-state index in [1.54, 1.807) is 49.6 Å². The summed E-state index contributed by atoms with van der Waals surface area (Å²) in [6.07, 6.45) is 1.45. The monoisotopic (exact) mass is 503 g/mol. The van der Waals surface area contributed by atoms with E-state index in [4.69, 9.17) is 0 Å². The number of nitrogens with one attached hydrogen (secondary N) is 2. The fourth-order valence-electron chi connectivity index (χ4n) is 3.35. The minimum atomic E-state index is -4.68. The Morgan fingerprint density at radius 3 is 2.35 bits per heavy atom. The van der Waals surface area contributed by atoms with Gasteiger partial charge in [-0.15, -0.1) is 0 Å². The average Bonchev–Trinajstić information content (AvgIpc) is 3.32. The molecule has 0 saturated carbocycles. The molecule has 0 aliphatic rings. The zero-order valence-corrected chi connectivity index (χ0v) is 19.7. The molecule has 0 bridgehead atoms. The number of carbonyl (C=O) groups excluding carboxylic acids is 2. The van der Waals surface area contributed by atoms with Crippen molar-refractivity contribution in [2.45, 2.75) is 20.0 Å². The van der Waals surface area contributed by atoms with Gasteiger partial charge in [-0.1, -0.05) is 17.9 Å². The number of pyridine rings is 1. The van der Waals surface area contributed by atoms with Crippen LogP contribution in [0, 0.1) is 25.7 Å². The number of alkyl halides is 3. The van der Waals surface area contributed by atoms with Gasteiger partial charge in [0, 0.05) is 46.5 Å². The number of hydrogen-bond donors (Lipinski definition) is 2. The minimum absolute atomic E-state index is 0.0993. The number of benzene rings is 2. The molecular formula is C27H20F3N5O2. The molecule has 0 atom stereocenters. The van der Waals surface area contributed by atoms with Crippen molar-refractivity contribution in [3.05, 3.63) is 113 Å². The van der Waals surface area contributed by atoms with E-state index in [0.717, 1.165) is 11.6 Å². The lowest BCUT2D eigenvalue weighted by atomic mass is 10.0. The first-order chi connectivity index (χ1) is 17.6. The third-order valence-corrected chi connectivity index (χ3v) is 5.31. The van der Waals surface area contributed by atoms with Crippen LogP contribution in [0.4, 0.5) is 13.2 Å². The number of hydrazine groups is 1. The molecule has 4 aromatic rings. The van der Waals surface area contributed by atoms with Crippen LogP contribution in [-0.2, 0) is 6.18 Å². The molecule has 0 unspecified atom stereocenters. The van der Waals surface area contributed by atoms with Crippen LogP contribution in [-0.4, -0.2) is 26.3 Å². The number of hydrogen-bond acceptors (Lipinski definition) is 4. The van der Waals surface area contributed by atoms with Gasteiger partial charge in [0.05, 0.1) is 17.6 Å². The van der Waals surface area contributed by atoms with Gasteiger partial charge in [-0.2, -0.15) is 13.2 Å². The second-order valence-corrected chi connectivity index (χ2v) is 8.12. The van der Waals surface area contributed by atoms with E-state index in [1.807, 2.05) is 6.92 Å². The Kier molecular flexibility index (Phi) is 7.06. The first-order valence-electron chi connectivity index (χ1n) is 11.0. The highest BCUT2D eigenvalue weighted by atomic mass is 19.4. The van der Waals surface area contributed by atoms with Gasteiger partial charge in [0.25, 0.3) is 11.8 Å². The fraction of sp³-hybridized carbons (Fsp3) is 0.111. The standard InChI is InChI=1S/C27H20F3N5O2/c1-17-5-7-21(10-20(17)8-6-19-4-3-9-31-14-19)25(36)33-34-26(37)22-11-23(27(28,29)30)13-24(12-22)35-15-18(2)32-16-35/h3-5,7,9-16H,1-2H3,(H,33,36)(H,34,37). The number of halogens is 3. The van der Waals surface area contributed by atoms with Crippen molar-refractivity contribution in [3.63, 3.8) is 0 Å². The van der Waals surface area contributed by atoms with E-state index >= 15 is 0 Å². The van der Waals surface area contributed by atoms with Gasteiger partial charge in [0.15, 0.2) is 0 Å². The summed E-state index contributed by atoms with van der Waals surface area (Å²) >= 11 is 0. The Hall–Kier alpha value is -4.91. The smallest absolute Gasteiger partial charge is 0.306 e. The van der Waals surface area contributed by atoms with Gasteiger partial charge < -0.3 is 4.57 Å². The number of aromatic nitrogens is 3. The third-order valence-electron chi connectivity index (χ3n) is 5.31. The first kappa shape index (κ1) is 25.2. The second kappa shape index (κ2) is 10.4. The van der Waals surface area contributed by atoms with Crippen molar-refractivity contribution in [1.82, 2.24) is 25.4 Å². The van der Waals surface area contributed by atoms with Crippen LogP contribution in [0.15, 0.2) is 73.4 Å². The number of aryl methyl sites for hydroxylation is 2. The molecule has 2 heterocycles. The van der Waals surface area contributed by atoms with Crippen molar-refractivity contribution < 1.29 is 22.8 Å². The maximum absolute atomic E-state index is 13.5. The van der Waals surface area contributed by atoms with E-state index in [2.05, 4.69) is 32.7 Å². The lowest BCUT2D eigenvalue weighted by molar-refractivity contribution is -0.137. The van der Waals surface area contributed by atoms with Gasteiger partial charge in [0.1, 0.15) is 0 Å². The Bertz CT molecular complexity index is 1530. The molecule has 2 amide bonds. The summed E-state index contributed by atoms with van der Waals surface area (Å²) in [6, 6.07) is 11.3. The quantitative estimate of drug-likeness (QED) is 0.321. The second-order valence-electron chi connectivity index (χ2n) is 8.12. The molecule has 2 N–H and O–H groups in total. The lowest BCUT2D eigenvalue weighted by Crippen LogP contribution is -2.41. The molecule has 0 fully saturated rings. The van der Waals surface area contributed by atoms with Crippen LogP contribution in [0.5, 0.6) is 0 Å². The molecule has 0 aliphatic heterocycles. The molecule has 4 rings (SSSR count). The van der Waals surface area contributed by atoms with Crippen molar-refractivity contribution in [3.8, 4) is 17.5 Å². The number of carbonyl (C=O) groups is 2. The summed E-state index contributed by atoms with van der Waals surface area (Å²) in [4.78, 5) is 33.3. The SMILES string of the molecule is Cc1cn(-c2cc(C(=O)NNC(=O)c3ccc(C)c(C#Cc4cccnc4)c3)cc(C(F)(F)F)c2)cn1. The summed E-state index contributed by atoms with van der Waals surface area (Å²) in [5.41, 5.74) is 6.16. The van der Waals surface area contributed by atoms with Crippen LogP contribution < -0.4 is 10.9 Å². The van der Waals surface area contributed by atoms with Crippen LogP contribution >= 0.6 is 0 Å². The third kappa shape index (κ3) is 6.21. The van der Waals surface area contributed by atoms with Gasteiger partial charge in [-0.3, -0.25) is 25.4 Å². The predicted molar refractivity (Wildman–Crippen MR) is 130 cm³/mol. The van der Waals surface area contributed by atoms with Crippen LogP contribution in [0.1, 0.15) is 48.7 Å². The molecule has 2 aromatic carbocycles. The van der Waals surface area contributed by atoms with E-state index in [0.29, 0.717) is 22.9 Å². The Morgan fingerprint density at radius 2 is 1.70 bits per heavy atom. The van der Waals surface area contributed by atoms with Crippen LogP contribution in [0.25, 0.3) is 5.69 Å². The Balaban J connectivity index is 1.52. The summed E-state index contributed by atoms with van der Waals surface area (Å²) in [7, 11) is 0. The van der Waals surface area contributed by atoms with Crippen LogP contribution in [0.3, 0.4) is 0 Å². The van der Waals surface area contributed by atoms with E-state index in [1.165, 1.54) is 23.2 Å². The Morgan fingerprint density at radius 1 is 0.946 bits per heavy atom. The molecule has 10 heteroatoms. The van der Waals surface area contributed by atoms with Crippen LogP contribution in [0.2, 0.25) is 0 Å². The Labute approximate surface area is 210 Å². The maximum atomic E-state index is 13.5. The molecule has 0 saturated heterocycles. The molecule has 7 nitrogen and oxygen atoms in total. The molecule has 2 aromatic heterocycles. The molecule has 0 aliphatic carbocycles.